The van der Waals surface area contributed by atoms with Gasteiger partial charge in [-0.05, 0) is 13.0 Å². The van der Waals surface area contributed by atoms with Gasteiger partial charge in [-0.2, -0.15) is 0 Å². The number of nitrogens with zero attached hydrogens (tertiary/aromatic N) is 1. The highest BCUT2D eigenvalue weighted by molar-refractivity contribution is 4.85. The van der Waals surface area contributed by atoms with Crippen LogP contribution < -0.4 is 0 Å². The van der Waals surface area contributed by atoms with Gasteiger partial charge < -0.3 is 4.74 Å². The lowest BCUT2D eigenvalue weighted by Crippen LogP contribution is -2.55. The Balaban J connectivity index is 1.89. The summed E-state index contributed by atoms with van der Waals surface area (Å²) >= 11 is 0. The molecule has 4 heteroatoms. The lowest BCUT2D eigenvalue weighted by Gasteiger charge is -2.41. The molecule has 2 saturated heterocycles. The largest absolute Gasteiger partial charge is 0.378 e. The fraction of sp³-hybridized carbons (Fsp3) is 1.00. The first-order valence-corrected chi connectivity index (χ1v) is 4.37. The summed E-state index contributed by atoms with van der Waals surface area (Å²) in [5, 5.41) is 0. The van der Waals surface area contributed by atoms with Crippen LogP contribution in [0.4, 0.5) is 8.78 Å². The molecule has 2 nitrogen and oxygen atoms in total. The minimum Gasteiger partial charge on any atom is -0.378 e. The Morgan fingerprint density at radius 1 is 1.33 bits per heavy atom. The van der Waals surface area contributed by atoms with Gasteiger partial charge in [0, 0.05) is 6.42 Å². The summed E-state index contributed by atoms with van der Waals surface area (Å²) in [7, 11) is 0. The van der Waals surface area contributed by atoms with E-state index in [1.54, 1.807) is 0 Å². The van der Waals surface area contributed by atoms with E-state index in [1.807, 2.05) is 4.90 Å². The topological polar surface area (TPSA) is 12.5 Å². The van der Waals surface area contributed by atoms with Crippen molar-refractivity contribution in [1.82, 2.24) is 4.90 Å². The van der Waals surface area contributed by atoms with E-state index >= 15 is 0 Å². The van der Waals surface area contributed by atoms with Crippen LogP contribution in [0.15, 0.2) is 0 Å². The summed E-state index contributed by atoms with van der Waals surface area (Å²) in [6.07, 6.45) is 0.667. The first-order chi connectivity index (χ1) is 5.67. The Morgan fingerprint density at radius 2 is 2.08 bits per heavy atom. The quantitative estimate of drug-likeness (QED) is 0.595. The van der Waals surface area contributed by atoms with Crippen molar-refractivity contribution >= 4 is 0 Å². The SMILES string of the molecule is FC1(F)CCCN(C2COC2)C1. The Morgan fingerprint density at radius 3 is 2.58 bits per heavy atom. The van der Waals surface area contributed by atoms with E-state index in [0.717, 1.165) is 6.54 Å². The number of hydrogen-bond acceptors (Lipinski definition) is 2. The van der Waals surface area contributed by atoms with Gasteiger partial charge >= 0.3 is 0 Å². The summed E-state index contributed by atoms with van der Waals surface area (Å²) < 4.78 is 30.8. The van der Waals surface area contributed by atoms with Gasteiger partial charge in [-0.15, -0.1) is 0 Å². The highest BCUT2D eigenvalue weighted by Crippen LogP contribution is 2.28. The maximum atomic E-state index is 12.9. The van der Waals surface area contributed by atoms with Crippen LogP contribution in [0.1, 0.15) is 12.8 Å². The number of rotatable bonds is 1. The van der Waals surface area contributed by atoms with Crippen LogP contribution >= 0.6 is 0 Å². The van der Waals surface area contributed by atoms with Gasteiger partial charge in [0.2, 0.25) is 0 Å². The van der Waals surface area contributed by atoms with Gasteiger partial charge in [-0.25, -0.2) is 8.78 Å². The molecule has 0 amide bonds. The van der Waals surface area contributed by atoms with Gasteiger partial charge in [0.15, 0.2) is 0 Å². The number of hydrogen-bond donors (Lipinski definition) is 0. The van der Waals surface area contributed by atoms with Crippen molar-refractivity contribution in [2.45, 2.75) is 24.8 Å². The minimum absolute atomic E-state index is 0.0527. The fourth-order valence-electron chi connectivity index (χ4n) is 1.74. The van der Waals surface area contributed by atoms with Crippen LogP contribution in [-0.2, 0) is 4.74 Å². The average Bonchev–Trinajstić information content (AvgIpc) is 1.80. The van der Waals surface area contributed by atoms with Gasteiger partial charge in [0.1, 0.15) is 0 Å². The van der Waals surface area contributed by atoms with Gasteiger partial charge in [0.25, 0.3) is 5.92 Å². The summed E-state index contributed by atoms with van der Waals surface area (Å²) in [6, 6.07) is 0.260. The normalized spacial score (nSPS) is 31.5. The zero-order valence-corrected chi connectivity index (χ0v) is 6.93. The van der Waals surface area contributed by atoms with Crippen LogP contribution in [0, 0.1) is 0 Å². The number of likely N-dealkylation sites (tertiary alicyclic amines) is 1. The third-order valence-electron chi connectivity index (χ3n) is 2.56. The molecule has 2 fully saturated rings. The lowest BCUT2D eigenvalue weighted by molar-refractivity contribution is -0.126. The standard InChI is InChI=1S/C8H13F2NO/c9-8(10)2-1-3-11(6-8)7-4-12-5-7/h7H,1-6H2. The maximum Gasteiger partial charge on any atom is 0.260 e. The molecular formula is C8H13F2NO. The van der Waals surface area contributed by atoms with E-state index in [0.29, 0.717) is 19.6 Å². The van der Waals surface area contributed by atoms with E-state index in [1.165, 1.54) is 0 Å². The minimum atomic E-state index is -2.46. The molecule has 0 aliphatic carbocycles. The number of halogens is 2. The Labute approximate surface area is 70.5 Å². The highest BCUT2D eigenvalue weighted by atomic mass is 19.3. The van der Waals surface area contributed by atoms with Crippen molar-refractivity contribution < 1.29 is 13.5 Å². The maximum absolute atomic E-state index is 12.9. The number of piperidine rings is 1. The van der Waals surface area contributed by atoms with Crippen molar-refractivity contribution in [3.05, 3.63) is 0 Å². The molecule has 2 aliphatic rings. The molecule has 0 saturated carbocycles. The van der Waals surface area contributed by atoms with E-state index in [4.69, 9.17) is 4.74 Å². The molecular weight excluding hydrogens is 164 g/mol. The van der Waals surface area contributed by atoms with Crippen LogP contribution in [-0.4, -0.2) is 43.2 Å². The van der Waals surface area contributed by atoms with E-state index in [9.17, 15) is 8.78 Å². The zero-order valence-electron chi connectivity index (χ0n) is 6.93. The zero-order chi connectivity index (χ0) is 8.60. The van der Waals surface area contributed by atoms with Crippen molar-refractivity contribution in [3.8, 4) is 0 Å². The van der Waals surface area contributed by atoms with Gasteiger partial charge in [0.05, 0.1) is 25.8 Å². The molecule has 70 valence electrons. The third kappa shape index (κ3) is 1.59. The van der Waals surface area contributed by atoms with Gasteiger partial charge in [-0.3, -0.25) is 4.90 Å². The second-order valence-electron chi connectivity index (χ2n) is 3.62. The molecule has 2 aliphatic heterocycles. The Kier molecular flexibility index (Phi) is 2.04. The summed E-state index contributed by atoms with van der Waals surface area (Å²) in [4.78, 5) is 1.85. The molecule has 0 aromatic carbocycles. The van der Waals surface area contributed by atoms with Crippen molar-refractivity contribution in [3.63, 3.8) is 0 Å². The molecule has 2 heterocycles. The molecule has 0 atom stereocenters. The third-order valence-corrected chi connectivity index (χ3v) is 2.56. The number of alkyl halides is 2. The second-order valence-corrected chi connectivity index (χ2v) is 3.62. The smallest absolute Gasteiger partial charge is 0.260 e. The lowest BCUT2D eigenvalue weighted by atomic mass is 10.0. The average molecular weight is 177 g/mol. The summed E-state index contributed by atoms with van der Waals surface area (Å²) in [6.45, 7) is 2.01. The predicted octanol–water partition coefficient (Wildman–Crippen LogP) is 1.12. The number of ether oxygens (including phenoxy) is 1. The van der Waals surface area contributed by atoms with Crippen molar-refractivity contribution in [2.75, 3.05) is 26.3 Å². The van der Waals surface area contributed by atoms with E-state index < -0.39 is 5.92 Å². The molecule has 0 bridgehead atoms. The highest BCUT2D eigenvalue weighted by Gasteiger charge is 2.39. The molecule has 0 radical (unpaired) electrons. The molecule has 0 spiro atoms. The molecule has 12 heavy (non-hydrogen) atoms. The molecule has 0 aromatic heterocycles. The molecule has 0 N–H and O–H groups in total. The second kappa shape index (κ2) is 2.92. The first kappa shape index (κ1) is 8.38. The van der Waals surface area contributed by atoms with Crippen LogP contribution in [0.3, 0.4) is 0 Å². The van der Waals surface area contributed by atoms with Crippen LogP contribution in [0.5, 0.6) is 0 Å². The first-order valence-electron chi connectivity index (χ1n) is 4.37. The predicted molar refractivity (Wildman–Crippen MR) is 40.4 cm³/mol. The molecule has 2 rings (SSSR count). The van der Waals surface area contributed by atoms with Crippen LogP contribution in [0.2, 0.25) is 0 Å². The summed E-state index contributed by atoms with van der Waals surface area (Å²) in [5.41, 5.74) is 0. The Bertz CT molecular complexity index is 170. The molecule has 0 aromatic rings. The summed E-state index contributed by atoms with van der Waals surface area (Å²) in [5.74, 6) is -2.46. The fourth-order valence-corrected chi connectivity index (χ4v) is 1.74. The van der Waals surface area contributed by atoms with E-state index in [-0.39, 0.29) is 19.0 Å². The van der Waals surface area contributed by atoms with Crippen molar-refractivity contribution in [2.24, 2.45) is 0 Å². The van der Waals surface area contributed by atoms with Crippen molar-refractivity contribution in [1.29, 1.82) is 0 Å². The monoisotopic (exact) mass is 177 g/mol. The van der Waals surface area contributed by atoms with E-state index in [2.05, 4.69) is 0 Å². The van der Waals surface area contributed by atoms with Gasteiger partial charge in [-0.1, -0.05) is 0 Å². The molecule has 0 unspecified atom stereocenters. The Hall–Kier alpha value is -0.220. The van der Waals surface area contributed by atoms with Crippen LogP contribution in [0.25, 0.3) is 0 Å².